The van der Waals surface area contributed by atoms with Crippen LogP contribution in [0.2, 0.25) is 0 Å². The zero-order valence-corrected chi connectivity index (χ0v) is 25.8. The third-order valence-electron chi connectivity index (χ3n) is 7.74. The van der Waals surface area contributed by atoms with Gasteiger partial charge < -0.3 is 29.1 Å². The van der Waals surface area contributed by atoms with Crippen molar-refractivity contribution in [1.29, 1.82) is 0 Å². The lowest BCUT2D eigenvalue weighted by molar-refractivity contribution is -0.140. The van der Waals surface area contributed by atoms with E-state index in [1.807, 2.05) is 50.2 Å². The largest absolute Gasteiger partial charge is 0.507 e. The van der Waals surface area contributed by atoms with Crippen molar-refractivity contribution < 1.29 is 28.9 Å². The number of aliphatic hydroxyl groups is 1. The van der Waals surface area contributed by atoms with Crippen molar-refractivity contribution in [3.05, 3.63) is 94.6 Å². The first-order valence-corrected chi connectivity index (χ1v) is 14.9. The molecule has 8 heteroatoms. The van der Waals surface area contributed by atoms with Crippen LogP contribution in [0.5, 0.6) is 17.2 Å². The third-order valence-corrected chi connectivity index (χ3v) is 7.74. The van der Waals surface area contributed by atoms with Crippen molar-refractivity contribution in [2.24, 2.45) is 0 Å². The van der Waals surface area contributed by atoms with E-state index >= 15 is 0 Å². The Kier molecular flexibility index (Phi) is 10.8. The number of likely N-dealkylation sites (tertiary alicyclic amines) is 1. The van der Waals surface area contributed by atoms with Gasteiger partial charge in [0.15, 0.2) is 11.5 Å². The molecule has 228 valence electrons. The van der Waals surface area contributed by atoms with Gasteiger partial charge >= 0.3 is 0 Å². The molecule has 1 N–H and O–H groups in total. The second-order valence-corrected chi connectivity index (χ2v) is 10.5. The molecule has 1 aliphatic heterocycles. The number of ketones is 1. The second kappa shape index (κ2) is 14.7. The summed E-state index contributed by atoms with van der Waals surface area (Å²) in [5.74, 6) is 0.147. The van der Waals surface area contributed by atoms with Gasteiger partial charge in [0.2, 0.25) is 0 Å². The van der Waals surface area contributed by atoms with E-state index in [2.05, 4.69) is 18.7 Å². The van der Waals surface area contributed by atoms with E-state index in [0.717, 1.165) is 30.6 Å². The monoisotopic (exact) mass is 586 g/mol. The van der Waals surface area contributed by atoms with Crippen molar-refractivity contribution >= 4 is 17.4 Å². The number of carbonyl (C=O) groups excluding carboxylic acids is 2. The molecular formula is C35H42N2O6. The number of hydrogen-bond donors (Lipinski definition) is 1. The smallest absolute Gasteiger partial charge is 0.295 e. The van der Waals surface area contributed by atoms with Crippen LogP contribution in [-0.2, 0) is 16.2 Å². The Morgan fingerprint density at radius 2 is 1.63 bits per heavy atom. The summed E-state index contributed by atoms with van der Waals surface area (Å²) in [7, 11) is 1.55. The van der Waals surface area contributed by atoms with Crippen LogP contribution in [0.25, 0.3) is 5.76 Å². The summed E-state index contributed by atoms with van der Waals surface area (Å²) in [4.78, 5) is 30.8. The number of likely N-dealkylation sites (N-methyl/N-ethyl adjacent to an activating group) is 1. The van der Waals surface area contributed by atoms with Crippen molar-refractivity contribution in [1.82, 2.24) is 9.80 Å². The highest BCUT2D eigenvalue weighted by atomic mass is 16.5. The standard InChI is InChI=1S/C35H42N2O6/c1-6-20-42-28-16-15-27(21-24(28)4)33(38)31-32(37(35(40)34(31)39)19-18-36(7-2)8-3)26-14-17-29(30(22-26)41-5)43-23-25-12-10-9-11-13-25/h9-17,21-22,32,38H,6-8,18-20,23H2,1-5H3/b33-31+. The van der Waals surface area contributed by atoms with Crippen LogP contribution >= 0.6 is 0 Å². The summed E-state index contributed by atoms with van der Waals surface area (Å²) >= 11 is 0. The molecule has 0 bridgehead atoms. The van der Waals surface area contributed by atoms with Crippen molar-refractivity contribution in [2.45, 2.75) is 46.8 Å². The molecule has 3 aromatic carbocycles. The topological polar surface area (TPSA) is 88.5 Å². The van der Waals surface area contributed by atoms with Gasteiger partial charge in [0.1, 0.15) is 18.1 Å². The van der Waals surface area contributed by atoms with E-state index in [1.54, 1.807) is 42.3 Å². The van der Waals surface area contributed by atoms with Crippen LogP contribution in [-0.4, -0.2) is 66.5 Å². The summed E-state index contributed by atoms with van der Waals surface area (Å²) in [6.07, 6.45) is 0.873. The maximum atomic E-state index is 13.6. The Morgan fingerprint density at radius 1 is 0.907 bits per heavy atom. The molecule has 0 radical (unpaired) electrons. The molecule has 0 aromatic heterocycles. The van der Waals surface area contributed by atoms with Gasteiger partial charge in [-0.2, -0.15) is 0 Å². The second-order valence-electron chi connectivity index (χ2n) is 10.5. The molecule has 4 rings (SSSR count). The first kappa shape index (κ1) is 31.6. The number of nitrogens with zero attached hydrogens (tertiary/aromatic N) is 2. The molecule has 0 spiro atoms. The van der Waals surface area contributed by atoms with Gasteiger partial charge in [-0.05, 0) is 73.5 Å². The molecule has 0 aliphatic carbocycles. The third kappa shape index (κ3) is 7.20. The van der Waals surface area contributed by atoms with Crippen molar-refractivity contribution in [3.8, 4) is 17.2 Å². The minimum absolute atomic E-state index is 0.0474. The summed E-state index contributed by atoms with van der Waals surface area (Å²) < 4.78 is 17.5. The number of Topliss-reactive ketones (excluding diaryl/α,β-unsaturated/α-hetero) is 1. The molecular weight excluding hydrogens is 544 g/mol. The van der Waals surface area contributed by atoms with Gasteiger partial charge in [-0.15, -0.1) is 0 Å². The predicted octanol–water partition coefficient (Wildman–Crippen LogP) is 6.13. The van der Waals surface area contributed by atoms with Crippen LogP contribution in [0.1, 0.15) is 55.5 Å². The number of amides is 1. The molecule has 1 unspecified atom stereocenters. The molecule has 1 fully saturated rings. The average molecular weight is 587 g/mol. The fourth-order valence-electron chi connectivity index (χ4n) is 5.28. The molecule has 1 aliphatic rings. The number of ether oxygens (including phenoxy) is 3. The Labute approximate surface area is 254 Å². The summed E-state index contributed by atoms with van der Waals surface area (Å²) in [5.41, 5.74) is 2.98. The lowest BCUT2D eigenvalue weighted by Gasteiger charge is -2.28. The zero-order chi connectivity index (χ0) is 30.9. The Hall–Kier alpha value is -4.30. The molecule has 8 nitrogen and oxygen atoms in total. The minimum Gasteiger partial charge on any atom is -0.507 e. The molecule has 1 amide bonds. The van der Waals surface area contributed by atoms with E-state index in [0.29, 0.717) is 54.7 Å². The van der Waals surface area contributed by atoms with Gasteiger partial charge in [0.25, 0.3) is 11.7 Å². The fraction of sp³-hybridized carbons (Fsp3) is 0.371. The molecule has 1 saturated heterocycles. The normalized spacial score (nSPS) is 16.1. The van der Waals surface area contributed by atoms with Crippen LogP contribution in [0.15, 0.2) is 72.3 Å². The molecule has 43 heavy (non-hydrogen) atoms. The highest BCUT2D eigenvalue weighted by Gasteiger charge is 2.46. The van der Waals surface area contributed by atoms with Gasteiger partial charge in [0.05, 0.1) is 25.3 Å². The van der Waals surface area contributed by atoms with E-state index in [-0.39, 0.29) is 11.3 Å². The summed E-state index contributed by atoms with van der Waals surface area (Å²) in [6, 6.07) is 19.7. The molecule has 1 heterocycles. The highest BCUT2D eigenvalue weighted by molar-refractivity contribution is 6.46. The number of benzene rings is 3. The minimum atomic E-state index is -0.802. The number of hydrogen-bond acceptors (Lipinski definition) is 7. The number of aliphatic hydroxyl groups excluding tert-OH is 1. The summed E-state index contributed by atoms with van der Waals surface area (Å²) in [5, 5.41) is 11.6. The quantitative estimate of drug-likeness (QED) is 0.138. The van der Waals surface area contributed by atoms with Crippen molar-refractivity contribution in [3.63, 3.8) is 0 Å². The van der Waals surface area contributed by atoms with Crippen LogP contribution in [0, 0.1) is 6.92 Å². The Balaban J connectivity index is 1.75. The van der Waals surface area contributed by atoms with Gasteiger partial charge in [-0.3, -0.25) is 9.59 Å². The molecule has 0 saturated carbocycles. The van der Waals surface area contributed by atoms with E-state index in [1.165, 1.54) is 0 Å². The number of carbonyl (C=O) groups is 2. The van der Waals surface area contributed by atoms with Crippen molar-refractivity contribution in [2.75, 3.05) is 39.9 Å². The summed E-state index contributed by atoms with van der Waals surface area (Å²) in [6.45, 7) is 11.5. The van der Waals surface area contributed by atoms with E-state index in [4.69, 9.17) is 14.2 Å². The average Bonchev–Trinajstić information content (AvgIpc) is 3.28. The van der Waals surface area contributed by atoms with E-state index in [9.17, 15) is 14.7 Å². The SMILES string of the molecule is CCCOc1ccc(/C(O)=C2\C(=O)C(=O)N(CCN(CC)CC)C2c2ccc(OCc3ccccc3)c(OC)c2)cc1C. The zero-order valence-electron chi connectivity index (χ0n) is 25.8. The van der Waals surface area contributed by atoms with Gasteiger partial charge in [-0.25, -0.2) is 0 Å². The predicted molar refractivity (Wildman–Crippen MR) is 168 cm³/mol. The van der Waals surface area contributed by atoms with Gasteiger partial charge in [-0.1, -0.05) is 57.2 Å². The van der Waals surface area contributed by atoms with Crippen LogP contribution < -0.4 is 14.2 Å². The maximum absolute atomic E-state index is 13.6. The first-order valence-electron chi connectivity index (χ1n) is 14.9. The molecule has 1 atom stereocenters. The Morgan fingerprint density at radius 3 is 2.28 bits per heavy atom. The van der Waals surface area contributed by atoms with E-state index < -0.39 is 17.7 Å². The number of aryl methyl sites for hydroxylation is 1. The lowest BCUT2D eigenvalue weighted by atomic mass is 9.94. The van der Waals surface area contributed by atoms with Crippen LogP contribution in [0.3, 0.4) is 0 Å². The van der Waals surface area contributed by atoms with Crippen LogP contribution in [0.4, 0.5) is 0 Å². The Bertz CT molecular complexity index is 1450. The molecule has 3 aromatic rings. The first-order chi connectivity index (χ1) is 20.8. The van der Waals surface area contributed by atoms with Gasteiger partial charge in [0, 0.05) is 18.7 Å². The fourth-order valence-corrected chi connectivity index (χ4v) is 5.28. The highest BCUT2D eigenvalue weighted by Crippen LogP contribution is 2.42. The number of methoxy groups -OCH3 is 1. The number of rotatable bonds is 14. The maximum Gasteiger partial charge on any atom is 0.295 e. The lowest BCUT2D eigenvalue weighted by Crippen LogP contribution is -2.38.